The van der Waals surface area contributed by atoms with Crippen LogP contribution >= 0.6 is 0 Å². The maximum Gasteiger partial charge on any atom is 0.281 e. The quantitative estimate of drug-likeness (QED) is 0.358. The monoisotopic (exact) mass is 520 g/mol. The van der Waals surface area contributed by atoms with Crippen molar-refractivity contribution in [2.24, 2.45) is 11.3 Å². The highest BCUT2D eigenvalue weighted by Crippen LogP contribution is 2.28. The van der Waals surface area contributed by atoms with E-state index in [-0.39, 0.29) is 24.8 Å². The summed E-state index contributed by atoms with van der Waals surface area (Å²) in [5.41, 5.74) is 1.62. The van der Waals surface area contributed by atoms with Gasteiger partial charge in [0.25, 0.3) is 15.9 Å². The molecule has 8 nitrogen and oxygen atoms in total. The Morgan fingerprint density at radius 1 is 1.19 bits per heavy atom. The number of ether oxygens (including phenoxy) is 1. The molecule has 0 atom stereocenters. The van der Waals surface area contributed by atoms with E-state index in [2.05, 4.69) is 40.7 Å². The summed E-state index contributed by atoms with van der Waals surface area (Å²) in [5, 5.41) is 5.75. The van der Waals surface area contributed by atoms with E-state index in [1.54, 1.807) is 12.1 Å². The van der Waals surface area contributed by atoms with Crippen LogP contribution in [0, 0.1) is 17.2 Å². The molecule has 36 heavy (non-hydrogen) atoms. The summed E-state index contributed by atoms with van der Waals surface area (Å²) in [5.74, 6) is -0.591. The Kier molecular flexibility index (Phi) is 8.50. The van der Waals surface area contributed by atoms with Crippen LogP contribution in [0.15, 0.2) is 47.6 Å². The topological polar surface area (TPSA) is 114 Å². The number of hydrogen-bond donors (Lipinski definition) is 2. The predicted molar refractivity (Wildman–Crippen MR) is 140 cm³/mol. The highest BCUT2D eigenvalue weighted by Gasteiger charge is 2.23. The number of aryl methyl sites for hydroxylation is 1. The SMILES string of the molecule is CC(C)COc1cc(F)cc(-c2ccc(C(=O)NS(=O)(=O)c3ccn[nH]3)c(CCCC(C)(C)C)n2)c1.[HH].[HH]. The van der Waals surface area contributed by atoms with Crippen LogP contribution in [0.5, 0.6) is 5.75 Å². The van der Waals surface area contributed by atoms with Gasteiger partial charge in [-0.3, -0.25) is 14.9 Å². The van der Waals surface area contributed by atoms with Crippen LogP contribution in [0.2, 0.25) is 0 Å². The Morgan fingerprint density at radius 2 is 1.94 bits per heavy atom. The number of H-pyrrole nitrogens is 1. The molecule has 0 fully saturated rings. The number of sulfonamides is 1. The lowest BCUT2D eigenvalue weighted by atomic mass is 9.89. The van der Waals surface area contributed by atoms with Gasteiger partial charge in [0, 0.05) is 14.5 Å². The molecule has 0 radical (unpaired) electrons. The molecule has 0 aliphatic heterocycles. The lowest BCUT2D eigenvalue weighted by Crippen LogP contribution is -2.31. The second-order valence-electron chi connectivity index (χ2n) is 10.3. The van der Waals surface area contributed by atoms with Crippen LogP contribution in [0.4, 0.5) is 4.39 Å². The minimum absolute atomic E-state index is 0. The number of benzene rings is 1. The second kappa shape index (κ2) is 11.2. The van der Waals surface area contributed by atoms with Gasteiger partial charge in [0.15, 0.2) is 5.03 Å². The summed E-state index contributed by atoms with van der Waals surface area (Å²) in [6.45, 7) is 10.8. The summed E-state index contributed by atoms with van der Waals surface area (Å²) in [6.07, 6.45) is 3.34. The van der Waals surface area contributed by atoms with Gasteiger partial charge < -0.3 is 4.74 Å². The Labute approximate surface area is 214 Å². The number of carbonyl (C=O) groups excluding carboxylic acids is 1. The molecule has 0 unspecified atom stereocenters. The highest BCUT2D eigenvalue weighted by molar-refractivity contribution is 7.90. The second-order valence-corrected chi connectivity index (χ2v) is 12.0. The first kappa shape index (κ1) is 27.3. The minimum Gasteiger partial charge on any atom is -0.493 e. The number of nitrogens with one attached hydrogen (secondary N) is 2. The number of aromatic amines is 1. The largest absolute Gasteiger partial charge is 0.493 e. The van der Waals surface area contributed by atoms with Gasteiger partial charge in [0.05, 0.1) is 29.8 Å². The molecule has 3 aromatic rings. The summed E-state index contributed by atoms with van der Waals surface area (Å²) >= 11 is 0. The summed E-state index contributed by atoms with van der Waals surface area (Å²) in [6, 6.07) is 8.72. The van der Waals surface area contributed by atoms with Crippen molar-refractivity contribution < 1.29 is 25.2 Å². The molecule has 2 aromatic heterocycles. The van der Waals surface area contributed by atoms with Crippen molar-refractivity contribution in [3.8, 4) is 17.0 Å². The minimum atomic E-state index is -4.12. The van der Waals surface area contributed by atoms with Crippen LogP contribution in [-0.2, 0) is 16.4 Å². The first-order chi connectivity index (χ1) is 16.8. The van der Waals surface area contributed by atoms with Crippen molar-refractivity contribution in [2.45, 2.75) is 58.9 Å². The van der Waals surface area contributed by atoms with E-state index in [0.717, 1.165) is 12.8 Å². The van der Waals surface area contributed by atoms with E-state index in [1.807, 2.05) is 13.8 Å². The zero-order valence-electron chi connectivity index (χ0n) is 21.3. The molecule has 2 N–H and O–H groups in total. The molecule has 1 aromatic carbocycles. The maximum absolute atomic E-state index is 14.4. The van der Waals surface area contributed by atoms with Crippen LogP contribution in [0.3, 0.4) is 0 Å². The molecule has 0 aliphatic rings. The lowest BCUT2D eigenvalue weighted by molar-refractivity contribution is 0.0980. The van der Waals surface area contributed by atoms with Crippen LogP contribution in [0.25, 0.3) is 11.3 Å². The molecular weight excluding hydrogens is 483 g/mol. The molecule has 0 saturated heterocycles. The van der Waals surface area contributed by atoms with E-state index in [1.165, 1.54) is 30.5 Å². The fourth-order valence-corrected chi connectivity index (χ4v) is 4.40. The fourth-order valence-electron chi connectivity index (χ4n) is 3.53. The number of pyridine rings is 1. The molecule has 2 heterocycles. The van der Waals surface area contributed by atoms with Crippen molar-refractivity contribution in [1.29, 1.82) is 0 Å². The maximum atomic E-state index is 14.4. The standard InChI is InChI=1S/C26H33FN4O4S.2H2/c1-17(2)16-35-20-14-18(13-19(27)15-20)22-9-8-21(23(29-22)7-6-11-26(3,4)5)25(32)31-36(33,34)24-10-12-28-30-24;;/h8-10,12-15,17H,6-7,11,16H2,1-5H3,(H,28,30)(H,31,32);2*1H. The van der Waals surface area contributed by atoms with Crippen LogP contribution in [-0.4, -0.2) is 36.1 Å². The average Bonchev–Trinajstić information content (AvgIpc) is 3.32. The van der Waals surface area contributed by atoms with Crippen molar-refractivity contribution in [1.82, 2.24) is 19.9 Å². The van der Waals surface area contributed by atoms with E-state index in [9.17, 15) is 17.6 Å². The smallest absolute Gasteiger partial charge is 0.281 e. The molecule has 0 aliphatic carbocycles. The van der Waals surface area contributed by atoms with Gasteiger partial charge in [0.2, 0.25) is 0 Å². The summed E-state index contributed by atoms with van der Waals surface area (Å²) in [7, 11) is -4.12. The van der Waals surface area contributed by atoms with E-state index in [4.69, 9.17) is 4.74 Å². The summed E-state index contributed by atoms with van der Waals surface area (Å²) < 4.78 is 47.2. The number of halogens is 1. The Balaban J connectivity index is 0.00000361. The molecule has 0 bridgehead atoms. The van der Waals surface area contributed by atoms with Gasteiger partial charge in [0.1, 0.15) is 11.6 Å². The normalized spacial score (nSPS) is 12.1. The fraction of sp³-hybridized carbons (Fsp3) is 0.423. The molecule has 3 rings (SSSR count). The molecule has 0 spiro atoms. The number of carbonyl (C=O) groups is 1. The van der Waals surface area contributed by atoms with Crippen molar-refractivity contribution in [3.63, 3.8) is 0 Å². The molecule has 10 heteroatoms. The highest BCUT2D eigenvalue weighted by atomic mass is 32.2. The first-order valence-electron chi connectivity index (χ1n) is 11.8. The van der Waals surface area contributed by atoms with Gasteiger partial charge in [-0.05, 0) is 60.9 Å². The molecule has 198 valence electrons. The average molecular weight is 521 g/mol. The summed E-state index contributed by atoms with van der Waals surface area (Å²) in [4.78, 5) is 17.7. The molecular formula is C26H37FN4O4S. The van der Waals surface area contributed by atoms with Crippen LogP contribution in [0.1, 0.15) is 66.4 Å². The number of hydrogen-bond acceptors (Lipinski definition) is 6. The van der Waals surface area contributed by atoms with Crippen LogP contribution < -0.4 is 9.46 Å². The third-order valence-electron chi connectivity index (χ3n) is 5.30. The number of aromatic nitrogens is 3. The number of rotatable bonds is 10. The van der Waals surface area contributed by atoms with Gasteiger partial charge in [-0.15, -0.1) is 0 Å². The van der Waals surface area contributed by atoms with Gasteiger partial charge >= 0.3 is 0 Å². The zero-order valence-corrected chi connectivity index (χ0v) is 22.1. The van der Waals surface area contributed by atoms with Gasteiger partial charge in [-0.1, -0.05) is 34.6 Å². The van der Waals surface area contributed by atoms with E-state index in [0.29, 0.717) is 35.7 Å². The Hall–Kier alpha value is -3.27. The van der Waals surface area contributed by atoms with E-state index < -0.39 is 21.7 Å². The predicted octanol–water partition coefficient (Wildman–Crippen LogP) is 5.63. The number of nitrogens with zero attached hydrogens (tertiary/aromatic N) is 2. The third-order valence-corrected chi connectivity index (χ3v) is 6.56. The van der Waals surface area contributed by atoms with Crippen molar-refractivity contribution in [2.75, 3.05) is 6.61 Å². The van der Waals surface area contributed by atoms with Crippen molar-refractivity contribution in [3.05, 3.63) is 59.7 Å². The van der Waals surface area contributed by atoms with E-state index >= 15 is 0 Å². The zero-order chi connectivity index (χ0) is 26.5. The number of amides is 1. The molecule has 0 saturated carbocycles. The third kappa shape index (κ3) is 7.61. The Bertz CT molecular complexity index is 1310. The first-order valence-corrected chi connectivity index (χ1v) is 13.3. The lowest BCUT2D eigenvalue weighted by Gasteiger charge is -2.18. The Morgan fingerprint density at radius 3 is 2.58 bits per heavy atom. The van der Waals surface area contributed by atoms with Gasteiger partial charge in [-0.2, -0.15) is 13.5 Å². The van der Waals surface area contributed by atoms with Gasteiger partial charge in [-0.25, -0.2) is 9.11 Å². The van der Waals surface area contributed by atoms with Crippen molar-refractivity contribution >= 4 is 15.9 Å². The molecule has 1 amide bonds.